The predicted octanol–water partition coefficient (Wildman–Crippen LogP) is 5.13. The summed E-state index contributed by atoms with van der Waals surface area (Å²) in [5, 5.41) is 8.08. The Morgan fingerprint density at radius 1 is 1.15 bits per heavy atom. The molecular formula is C27H33Cl2N3O. The summed E-state index contributed by atoms with van der Waals surface area (Å²) in [6, 6.07) is 16.4. The first-order valence-corrected chi connectivity index (χ1v) is 12.9. The van der Waals surface area contributed by atoms with Crippen LogP contribution >= 0.6 is 23.2 Å². The number of hydrogen-bond acceptors (Lipinski definition) is 3. The Hall–Kier alpha value is -1.59. The van der Waals surface area contributed by atoms with Gasteiger partial charge in [0.1, 0.15) is 5.54 Å². The van der Waals surface area contributed by atoms with Gasteiger partial charge >= 0.3 is 0 Å². The quantitative estimate of drug-likeness (QED) is 0.570. The zero-order valence-electron chi connectivity index (χ0n) is 19.4. The Bertz CT molecular complexity index is 1010. The van der Waals surface area contributed by atoms with E-state index in [2.05, 4.69) is 59.7 Å². The molecular weight excluding hydrogens is 453 g/mol. The molecule has 1 amide bonds. The van der Waals surface area contributed by atoms with Gasteiger partial charge in [-0.25, -0.2) is 0 Å². The Labute approximate surface area is 207 Å². The van der Waals surface area contributed by atoms with Gasteiger partial charge in [0.25, 0.3) is 0 Å². The molecule has 6 rings (SSSR count). The first kappa shape index (κ1) is 23.2. The molecule has 4 bridgehead atoms. The summed E-state index contributed by atoms with van der Waals surface area (Å²) >= 11 is 12.3. The number of hydrogen-bond donors (Lipinski definition) is 2. The molecule has 0 unspecified atom stereocenters. The van der Waals surface area contributed by atoms with Crippen molar-refractivity contribution in [3.8, 4) is 0 Å². The molecule has 2 aromatic rings. The average molecular weight is 486 g/mol. The molecule has 4 aliphatic rings. The highest BCUT2D eigenvalue weighted by molar-refractivity contribution is 6.42. The Balaban J connectivity index is 1.42. The summed E-state index contributed by atoms with van der Waals surface area (Å²) in [7, 11) is 0. The second-order valence-electron chi connectivity index (χ2n) is 10.5. The third-order valence-electron chi connectivity index (χ3n) is 8.00. The highest BCUT2D eigenvalue weighted by Gasteiger charge is 2.67. The first-order valence-electron chi connectivity index (χ1n) is 12.1. The molecule has 3 aliphatic heterocycles. The molecule has 0 spiro atoms. The molecule has 33 heavy (non-hydrogen) atoms. The molecule has 3 saturated heterocycles. The molecule has 176 valence electrons. The van der Waals surface area contributed by atoms with E-state index in [1.807, 2.05) is 12.1 Å². The van der Waals surface area contributed by atoms with Crippen molar-refractivity contribution < 1.29 is 4.79 Å². The molecule has 1 aliphatic carbocycles. The van der Waals surface area contributed by atoms with Gasteiger partial charge in [-0.2, -0.15) is 0 Å². The normalized spacial score (nSPS) is 30.7. The predicted molar refractivity (Wildman–Crippen MR) is 134 cm³/mol. The van der Waals surface area contributed by atoms with Crippen molar-refractivity contribution in [2.75, 3.05) is 13.1 Å². The summed E-state index contributed by atoms with van der Waals surface area (Å²) in [4.78, 5) is 16.5. The Morgan fingerprint density at radius 2 is 1.94 bits per heavy atom. The van der Waals surface area contributed by atoms with Gasteiger partial charge < -0.3 is 10.6 Å². The minimum Gasteiger partial charge on any atom is -0.350 e. The van der Waals surface area contributed by atoms with Gasteiger partial charge in [-0.1, -0.05) is 73.4 Å². The molecule has 2 aromatic carbocycles. The van der Waals surface area contributed by atoms with E-state index in [-0.39, 0.29) is 11.9 Å². The van der Waals surface area contributed by atoms with E-state index in [0.29, 0.717) is 40.3 Å². The van der Waals surface area contributed by atoms with Crippen LogP contribution < -0.4 is 10.6 Å². The van der Waals surface area contributed by atoms with Crippen LogP contribution in [0.25, 0.3) is 0 Å². The van der Waals surface area contributed by atoms with Crippen molar-refractivity contribution in [1.82, 2.24) is 15.5 Å². The van der Waals surface area contributed by atoms with Crippen molar-refractivity contribution in [3.05, 3.63) is 69.7 Å². The van der Waals surface area contributed by atoms with Crippen molar-refractivity contribution in [2.24, 2.45) is 23.7 Å². The van der Waals surface area contributed by atoms with Crippen LogP contribution in [0.3, 0.4) is 0 Å². The Kier molecular flexibility index (Phi) is 6.47. The lowest BCUT2D eigenvalue weighted by molar-refractivity contribution is -0.139. The zero-order valence-corrected chi connectivity index (χ0v) is 20.9. The summed E-state index contributed by atoms with van der Waals surface area (Å²) in [6.07, 6.45) is 2.29. The van der Waals surface area contributed by atoms with Crippen molar-refractivity contribution in [3.63, 3.8) is 0 Å². The van der Waals surface area contributed by atoms with Gasteiger partial charge in [-0.05, 0) is 60.4 Å². The number of nitrogens with one attached hydrogen (secondary N) is 2. The van der Waals surface area contributed by atoms with Crippen LogP contribution in [0.4, 0.5) is 0 Å². The lowest BCUT2D eigenvalue weighted by atomic mass is 9.58. The SMILES string of the molecule is CC(C)C[C@@H]1[C@@H]2CN[C@@]3(C(=O)NCc4ccc(Cl)c(Cl)c4)[C@@H](C2)CN(Cc2ccccc2)[C@@H]13. The number of carbonyl (C=O) groups is 1. The van der Waals surface area contributed by atoms with Crippen LogP contribution in [0, 0.1) is 23.7 Å². The highest BCUT2D eigenvalue weighted by Crippen LogP contribution is 2.54. The van der Waals surface area contributed by atoms with Gasteiger partial charge in [0.2, 0.25) is 5.91 Å². The van der Waals surface area contributed by atoms with E-state index >= 15 is 0 Å². The monoisotopic (exact) mass is 485 g/mol. The van der Waals surface area contributed by atoms with Crippen molar-refractivity contribution >= 4 is 29.1 Å². The maximum Gasteiger partial charge on any atom is 0.242 e. The summed E-state index contributed by atoms with van der Waals surface area (Å²) in [5.41, 5.74) is 1.75. The lowest BCUT2D eigenvalue weighted by Crippen LogP contribution is -2.76. The number of amides is 1. The van der Waals surface area contributed by atoms with E-state index in [1.54, 1.807) is 6.07 Å². The number of likely N-dealkylation sites (tertiary alicyclic amines) is 1. The fourth-order valence-corrected chi connectivity index (χ4v) is 7.07. The van der Waals surface area contributed by atoms with Crippen molar-refractivity contribution in [1.29, 1.82) is 0 Å². The maximum absolute atomic E-state index is 13.9. The topological polar surface area (TPSA) is 44.4 Å². The lowest BCUT2D eigenvalue weighted by Gasteiger charge is -2.56. The van der Waals surface area contributed by atoms with Crippen molar-refractivity contribution in [2.45, 2.75) is 51.4 Å². The van der Waals surface area contributed by atoms with Gasteiger partial charge in [0.05, 0.1) is 10.0 Å². The molecule has 0 radical (unpaired) electrons. The summed E-state index contributed by atoms with van der Waals surface area (Å²) in [5.74, 6) is 2.26. The van der Waals surface area contributed by atoms with Crippen LogP contribution in [-0.2, 0) is 17.9 Å². The number of carbonyl (C=O) groups excluding carboxylic acids is 1. The molecule has 4 nitrogen and oxygen atoms in total. The molecule has 6 heteroatoms. The largest absolute Gasteiger partial charge is 0.350 e. The summed E-state index contributed by atoms with van der Waals surface area (Å²) < 4.78 is 0. The third-order valence-corrected chi connectivity index (χ3v) is 8.74. The van der Waals surface area contributed by atoms with Crippen LogP contribution in [0.2, 0.25) is 10.0 Å². The minimum atomic E-state index is -0.528. The second kappa shape index (κ2) is 9.22. The van der Waals surface area contributed by atoms with E-state index in [9.17, 15) is 4.79 Å². The van der Waals surface area contributed by atoms with Gasteiger partial charge in [0.15, 0.2) is 0 Å². The van der Waals surface area contributed by atoms with E-state index in [1.165, 1.54) is 5.56 Å². The van der Waals surface area contributed by atoms with Gasteiger partial charge in [0, 0.05) is 31.6 Å². The number of fused-ring (bicyclic) bond motifs is 1. The first-order chi connectivity index (χ1) is 15.9. The third kappa shape index (κ3) is 4.20. The highest BCUT2D eigenvalue weighted by atomic mass is 35.5. The second-order valence-corrected chi connectivity index (χ2v) is 11.3. The Morgan fingerprint density at radius 3 is 2.67 bits per heavy atom. The fourth-order valence-electron chi connectivity index (χ4n) is 6.75. The zero-order chi connectivity index (χ0) is 23.2. The molecule has 4 fully saturated rings. The number of rotatable bonds is 7. The molecule has 0 aromatic heterocycles. The van der Waals surface area contributed by atoms with Crippen LogP contribution in [0.1, 0.15) is 37.8 Å². The van der Waals surface area contributed by atoms with Crippen LogP contribution in [-0.4, -0.2) is 35.5 Å². The van der Waals surface area contributed by atoms with E-state index in [0.717, 1.165) is 38.0 Å². The molecule has 2 N–H and O–H groups in total. The number of piperidine rings is 2. The summed E-state index contributed by atoms with van der Waals surface area (Å²) in [6.45, 7) is 7.87. The number of nitrogens with zero attached hydrogens (tertiary/aromatic N) is 1. The van der Waals surface area contributed by atoms with E-state index in [4.69, 9.17) is 23.2 Å². The van der Waals surface area contributed by atoms with Crippen LogP contribution in [0.15, 0.2) is 48.5 Å². The standard InChI is InChI=1S/C27H33Cl2N3O/c1-17(2)10-22-20-12-21-16-32(15-18-6-4-3-5-7-18)25(22)27(21,31-14-20)26(33)30-13-19-8-9-23(28)24(29)11-19/h3-9,11,17,20-22,25,31H,10,12-16H2,1-2H3,(H,30,33)/t20-,21-,22+,25-,27-/m0/s1. The number of halogens is 2. The maximum atomic E-state index is 13.9. The smallest absolute Gasteiger partial charge is 0.242 e. The minimum absolute atomic E-state index is 0.131. The fraction of sp³-hybridized carbons (Fsp3) is 0.519. The molecule has 1 saturated carbocycles. The molecule has 3 heterocycles. The van der Waals surface area contributed by atoms with Gasteiger partial charge in [-0.15, -0.1) is 0 Å². The number of benzene rings is 2. The van der Waals surface area contributed by atoms with Crippen LogP contribution in [0.5, 0.6) is 0 Å². The van der Waals surface area contributed by atoms with E-state index < -0.39 is 5.54 Å². The molecule has 5 atom stereocenters. The average Bonchev–Trinajstić information content (AvgIpc) is 3.06. The van der Waals surface area contributed by atoms with Gasteiger partial charge in [-0.3, -0.25) is 9.69 Å².